The molecule has 1 N–H and O–H groups in total. The molecule has 2 saturated heterocycles. The number of tetrazole rings is 1. The van der Waals surface area contributed by atoms with Gasteiger partial charge in [0.25, 0.3) is 0 Å². The van der Waals surface area contributed by atoms with Crippen molar-refractivity contribution in [1.82, 2.24) is 35.0 Å². The molecule has 0 radical (unpaired) electrons. The number of cyclic esters (lactones) is 1. The third-order valence-electron chi connectivity index (χ3n) is 7.23. The highest BCUT2D eigenvalue weighted by molar-refractivity contribution is 5.94. The van der Waals surface area contributed by atoms with Crippen LogP contribution in [0.15, 0.2) is 35.9 Å². The van der Waals surface area contributed by atoms with Gasteiger partial charge in [0.1, 0.15) is 12.9 Å². The van der Waals surface area contributed by atoms with Gasteiger partial charge in [-0.25, -0.2) is 9.78 Å². The van der Waals surface area contributed by atoms with Crippen molar-refractivity contribution in [1.29, 1.82) is 0 Å². The van der Waals surface area contributed by atoms with Crippen molar-refractivity contribution in [3.05, 3.63) is 41.5 Å². The Hall–Kier alpha value is -3.22. The van der Waals surface area contributed by atoms with E-state index in [2.05, 4.69) is 25.4 Å². The Morgan fingerprint density at radius 3 is 2.76 bits per heavy atom. The van der Waals surface area contributed by atoms with E-state index in [1.54, 1.807) is 37.3 Å². The number of rotatable bonds is 6. The van der Waals surface area contributed by atoms with E-state index >= 15 is 0 Å². The first-order valence-corrected chi connectivity index (χ1v) is 11.2. The fraction of sp³-hybridized carbons (Fsp3) is 0.545. The molecule has 3 aliphatic heterocycles. The van der Waals surface area contributed by atoms with Gasteiger partial charge >= 0.3 is 5.97 Å². The number of likely N-dealkylation sites (tertiary alicyclic amines) is 2. The average molecular weight is 470 g/mol. The highest BCUT2D eigenvalue weighted by Crippen LogP contribution is 2.45. The molecule has 0 aromatic carbocycles. The second-order valence-corrected chi connectivity index (χ2v) is 8.96. The van der Waals surface area contributed by atoms with E-state index in [0.29, 0.717) is 61.7 Å². The minimum Gasteiger partial charge on any atom is -0.456 e. The van der Waals surface area contributed by atoms with Crippen molar-refractivity contribution in [3.8, 4) is 5.82 Å². The van der Waals surface area contributed by atoms with Crippen molar-refractivity contribution in [2.75, 3.05) is 39.9 Å². The number of pyridine rings is 1. The zero-order chi connectivity index (χ0) is 23.9. The highest BCUT2D eigenvalue weighted by atomic mass is 16.5. The molecule has 12 heteroatoms. The van der Waals surface area contributed by atoms with E-state index in [1.807, 2.05) is 0 Å². The van der Waals surface area contributed by atoms with Gasteiger partial charge in [-0.1, -0.05) is 6.07 Å². The van der Waals surface area contributed by atoms with Crippen molar-refractivity contribution < 1.29 is 24.2 Å². The fourth-order valence-corrected chi connectivity index (χ4v) is 5.16. The van der Waals surface area contributed by atoms with E-state index in [4.69, 9.17) is 9.47 Å². The summed E-state index contributed by atoms with van der Waals surface area (Å²) in [6.45, 7) is 3.96. The quantitative estimate of drug-likeness (QED) is 0.569. The topological polar surface area (TPSA) is 136 Å². The summed E-state index contributed by atoms with van der Waals surface area (Å²) in [5.41, 5.74) is 1.21. The molecule has 34 heavy (non-hydrogen) atoms. The molecule has 0 bridgehead atoms. The molecule has 1 amide bonds. The van der Waals surface area contributed by atoms with Gasteiger partial charge in [0.2, 0.25) is 5.91 Å². The number of amides is 1. The summed E-state index contributed by atoms with van der Waals surface area (Å²) >= 11 is 0. The number of esters is 1. The van der Waals surface area contributed by atoms with Crippen LogP contribution in [0.4, 0.5) is 0 Å². The van der Waals surface area contributed by atoms with Crippen LogP contribution < -0.4 is 0 Å². The van der Waals surface area contributed by atoms with Gasteiger partial charge < -0.3 is 19.5 Å². The lowest BCUT2D eigenvalue weighted by atomic mass is 9.74. The Bertz CT molecular complexity index is 1100. The average Bonchev–Trinajstić information content (AvgIpc) is 3.58. The first-order chi connectivity index (χ1) is 16.4. The lowest BCUT2D eigenvalue weighted by molar-refractivity contribution is -0.149. The van der Waals surface area contributed by atoms with E-state index in [-0.39, 0.29) is 24.6 Å². The van der Waals surface area contributed by atoms with Crippen LogP contribution >= 0.6 is 0 Å². The number of methoxy groups -OCH3 is 1. The second kappa shape index (κ2) is 8.85. The number of β-amino-alcohol motifs (C(OH)–C–C–N with tert-alkyl or cyclic N) is 1. The van der Waals surface area contributed by atoms with E-state index in [9.17, 15) is 14.7 Å². The van der Waals surface area contributed by atoms with Crippen LogP contribution in [0.2, 0.25) is 0 Å². The zero-order valence-corrected chi connectivity index (χ0v) is 19.1. The minimum absolute atomic E-state index is 0.00501. The lowest BCUT2D eigenvalue weighted by Crippen LogP contribution is -2.55. The number of hydrogen-bond acceptors (Lipinski definition) is 10. The maximum absolute atomic E-state index is 13.5. The number of aromatic nitrogens is 5. The first-order valence-electron chi connectivity index (χ1n) is 11.2. The van der Waals surface area contributed by atoms with Gasteiger partial charge in [-0.15, -0.1) is 5.10 Å². The van der Waals surface area contributed by atoms with Crippen LogP contribution in [0, 0.1) is 5.41 Å². The predicted molar refractivity (Wildman–Crippen MR) is 116 cm³/mol. The predicted octanol–water partition coefficient (Wildman–Crippen LogP) is -0.139. The molecule has 3 aliphatic rings. The first kappa shape index (κ1) is 22.6. The normalized spacial score (nSPS) is 26.6. The summed E-state index contributed by atoms with van der Waals surface area (Å²) < 4.78 is 12.4. The molecule has 2 fully saturated rings. The van der Waals surface area contributed by atoms with E-state index in [1.165, 1.54) is 11.0 Å². The second-order valence-electron chi connectivity index (χ2n) is 8.96. The van der Waals surface area contributed by atoms with Crippen LogP contribution in [0.25, 0.3) is 5.82 Å². The van der Waals surface area contributed by atoms with Crippen LogP contribution in [0.1, 0.15) is 31.4 Å². The van der Waals surface area contributed by atoms with Crippen LogP contribution in [0.5, 0.6) is 0 Å². The molecular formula is C22H27N7O5. The SMILES string of the molecule is COC1CN(CC(O)c2ccc(-n3cnnn3)nc2)CCC12CCN(C1=C(C)C(=O)OC1)C2=O. The molecule has 180 valence electrons. The van der Waals surface area contributed by atoms with E-state index in [0.717, 1.165) is 0 Å². The standard InChI is InChI=1S/C22H27N7O5/c1-14-16(12-34-20(14)31)28-8-6-22(21(28)32)5-7-27(11-18(22)33-2)10-17(30)15-3-4-19(23-9-15)29-13-24-25-26-29/h3-4,9,13,17-18,30H,5-8,10-12H2,1-2H3. The van der Waals surface area contributed by atoms with Gasteiger partial charge in [0.05, 0.1) is 28.9 Å². The molecule has 12 nitrogen and oxygen atoms in total. The van der Waals surface area contributed by atoms with Gasteiger partial charge in [-0.3, -0.25) is 9.69 Å². The fourth-order valence-electron chi connectivity index (χ4n) is 5.16. The number of aliphatic hydroxyl groups is 1. The molecule has 2 aromatic rings. The van der Waals surface area contributed by atoms with Gasteiger partial charge in [-0.05, 0) is 42.8 Å². The third kappa shape index (κ3) is 3.77. The Balaban J connectivity index is 1.25. The maximum Gasteiger partial charge on any atom is 0.336 e. The van der Waals surface area contributed by atoms with E-state index < -0.39 is 11.5 Å². The van der Waals surface area contributed by atoms with Crippen LogP contribution in [-0.4, -0.2) is 98.0 Å². The van der Waals surface area contributed by atoms with Gasteiger partial charge in [0, 0.05) is 38.5 Å². The number of hydrogen-bond donors (Lipinski definition) is 1. The number of aliphatic hydroxyl groups excluding tert-OH is 1. The molecular weight excluding hydrogens is 442 g/mol. The molecule has 0 saturated carbocycles. The molecule has 2 aromatic heterocycles. The molecule has 3 atom stereocenters. The summed E-state index contributed by atoms with van der Waals surface area (Å²) in [5.74, 6) is 0.190. The summed E-state index contributed by atoms with van der Waals surface area (Å²) in [5, 5.41) is 21.8. The number of ether oxygens (including phenoxy) is 2. The number of carbonyl (C=O) groups is 2. The Morgan fingerprint density at radius 1 is 1.29 bits per heavy atom. The molecule has 1 spiro atoms. The van der Waals surface area contributed by atoms with Crippen molar-refractivity contribution in [2.24, 2.45) is 5.41 Å². The van der Waals surface area contributed by atoms with Crippen LogP contribution in [-0.2, 0) is 19.1 Å². The Labute approximate surface area is 196 Å². The van der Waals surface area contributed by atoms with Crippen molar-refractivity contribution >= 4 is 11.9 Å². The minimum atomic E-state index is -0.743. The monoisotopic (exact) mass is 469 g/mol. The number of carbonyl (C=O) groups excluding carboxylic acids is 2. The largest absolute Gasteiger partial charge is 0.456 e. The molecule has 5 rings (SSSR count). The molecule has 3 unspecified atom stereocenters. The summed E-state index contributed by atoms with van der Waals surface area (Å²) in [7, 11) is 1.62. The zero-order valence-electron chi connectivity index (χ0n) is 19.1. The van der Waals surface area contributed by atoms with Gasteiger partial charge in [-0.2, -0.15) is 4.68 Å². The van der Waals surface area contributed by atoms with Crippen molar-refractivity contribution in [3.63, 3.8) is 0 Å². The Morgan fingerprint density at radius 2 is 2.12 bits per heavy atom. The Kier molecular flexibility index (Phi) is 5.88. The molecule has 0 aliphatic carbocycles. The van der Waals surface area contributed by atoms with Crippen molar-refractivity contribution in [2.45, 2.75) is 32.0 Å². The number of nitrogens with zero attached hydrogens (tertiary/aromatic N) is 7. The third-order valence-corrected chi connectivity index (χ3v) is 7.23. The maximum atomic E-state index is 13.5. The lowest BCUT2D eigenvalue weighted by Gasteiger charge is -2.44. The smallest absolute Gasteiger partial charge is 0.336 e. The summed E-state index contributed by atoms with van der Waals surface area (Å²) in [4.78, 5) is 33.4. The highest BCUT2D eigenvalue weighted by Gasteiger charge is 2.55. The summed E-state index contributed by atoms with van der Waals surface area (Å²) in [6, 6.07) is 3.55. The molecule has 5 heterocycles. The number of piperidine rings is 1. The summed E-state index contributed by atoms with van der Waals surface area (Å²) in [6.07, 6.45) is 3.28. The van der Waals surface area contributed by atoms with Gasteiger partial charge in [0.15, 0.2) is 5.82 Å². The van der Waals surface area contributed by atoms with Crippen LogP contribution in [0.3, 0.4) is 0 Å².